The van der Waals surface area contributed by atoms with Crippen LogP contribution in [-0.2, 0) is 21.8 Å². The van der Waals surface area contributed by atoms with Gasteiger partial charge in [-0.15, -0.1) is 0 Å². The van der Waals surface area contributed by atoms with Gasteiger partial charge in [0.05, 0.1) is 29.4 Å². The average molecular weight is 345 g/mol. The number of nitrogens with one attached hydrogen (secondary N) is 1. The van der Waals surface area contributed by atoms with E-state index < -0.39 is 10.0 Å². The summed E-state index contributed by atoms with van der Waals surface area (Å²) < 4.78 is 33.1. The second-order valence-electron chi connectivity index (χ2n) is 5.38. The largest absolute Gasteiger partial charge is 0.374 e. The van der Waals surface area contributed by atoms with Crippen molar-refractivity contribution in [2.24, 2.45) is 7.05 Å². The number of aromatic nitrogens is 3. The van der Waals surface area contributed by atoms with E-state index in [0.717, 1.165) is 21.2 Å². The second kappa shape index (κ2) is 5.76. The van der Waals surface area contributed by atoms with E-state index in [0.29, 0.717) is 26.2 Å². The summed E-state index contributed by atoms with van der Waals surface area (Å²) in [7, 11) is -1.30. The van der Waals surface area contributed by atoms with Gasteiger partial charge in [0.15, 0.2) is 10.8 Å². The molecule has 1 aliphatic rings. The van der Waals surface area contributed by atoms with Crippen molar-refractivity contribution in [1.82, 2.24) is 19.1 Å². The number of ether oxygens (including phenoxy) is 1. The Hall–Kier alpha value is -1.23. The number of aryl methyl sites for hydroxylation is 2. The monoisotopic (exact) mass is 345 g/mol. The minimum atomic E-state index is -3.16. The fourth-order valence-corrected chi connectivity index (χ4v) is 4.26. The average Bonchev–Trinajstić information content (AvgIpc) is 2.98. The second-order valence-corrected chi connectivity index (χ2v) is 8.36. The molecule has 0 radical (unpaired) electrons. The minimum Gasteiger partial charge on any atom is -0.374 e. The van der Waals surface area contributed by atoms with Crippen LogP contribution in [0, 0.1) is 6.92 Å². The van der Waals surface area contributed by atoms with E-state index in [-0.39, 0.29) is 6.10 Å². The van der Waals surface area contributed by atoms with Gasteiger partial charge < -0.3 is 10.1 Å². The van der Waals surface area contributed by atoms with Crippen molar-refractivity contribution in [3.05, 3.63) is 5.69 Å². The minimum absolute atomic E-state index is 0.172. The molecule has 0 aliphatic carbocycles. The zero-order chi connectivity index (χ0) is 15.9. The molecule has 0 saturated carbocycles. The molecule has 1 atom stereocenters. The van der Waals surface area contributed by atoms with E-state index in [1.165, 1.54) is 10.6 Å². The maximum absolute atomic E-state index is 11.6. The SMILES string of the molecule is Cc1nn(C)c2nc(NCC3CN(S(C)(=O)=O)CCO3)sc12. The molecule has 3 heterocycles. The first-order valence-electron chi connectivity index (χ1n) is 6.95. The van der Waals surface area contributed by atoms with Crippen molar-refractivity contribution in [2.45, 2.75) is 13.0 Å². The third-order valence-electron chi connectivity index (χ3n) is 3.60. The Morgan fingerprint density at radius 2 is 2.27 bits per heavy atom. The maximum Gasteiger partial charge on any atom is 0.211 e. The summed E-state index contributed by atoms with van der Waals surface area (Å²) in [6.45, 7) is 3.69. The third-order valence-corrected chi connectivity index (χ3v) is 5.98. The predicted octanol–water partition coefficient (Wildman–Crippen LogP) is 0.411. The molecule has 1 aliphatic heterocycles. The molecule has 1 unspecified atom stereocenters. The highest BCUT2D eigenvalue weighted by molar-refractivity contribution is 7.88. The number of hydrogen-bond donors (Lipinski definition) is 1. The van der Waals surface area contributed by atoms with Gasteiger partial charge >= 0.3 is 0 Å². The van der Waals surface area contributed by atoms with E-state index >= 15 is 0 Å². The van der Waals surface area contributed by atoms with Crippen LogP contribution in [0.25, 0.3) is 10.3 Å². The Kier molecular flexibility index (Phi) is 4.10. The normalized spacial score (nSPS) is 20.6. The summed E-state index contributed by atoms with van der Waals surface area (Å²) in [6, 6.07) is 0. The first-order chi connectivity index (χ1) is 10.3. The number of anilines is 1. The Morgan fingerprint density at radius 1 is 1.50 bits per heavy atom. The summed E-state index contributed by atoms with van der Waals surface area (Å²) in [4.78, 5) is 4.51. The zero-order valence-electron chi connectivity index (χ0n) is 12.7. The van der Waals surface area contributed by atoms with Crippen LogP contribution in [0.2, 0.25) is 0 Å². The predicted molar refractivity (Wildman–Crippen MR) is 85.8 cm³/mol. The van der Waals surface area contributed by atoms with E-state index in [2.05, 4.69) is 15.4 Å². The highest BCUT2D eigenvalue weighted by Gasteiger charge is 2.26. The van der Waals surface area contributed by atoms with Crippen LogP contribution in [0.1, 0.15) is 5.69 Å². The lowest BCUT2D eigenvalue weighted by molar-refractivity contribution is 0.00704. The summed E-state index contributed by atoms with van der Waals surface area (Å²) >= 11 is 1.55. The van der Waals surface area contributed by atoms with Crippen molar-refractivity contribution in [2.75, 3.05) is 37.8 Å². The first-order valence-corrected chi connectivity index (χ1v) is 9.62. The standard InChI is InChI=1S/C12H19N5O3S2/c1-8-10-11(16(2)15-8)14-12(21-10)13-6-9-7-17(4-5-20-9)22(3,18)19/h9H,4-7H2,1-3H3,(H,13,14). The molecule has 0 amide bonds. The number of thiazole rings is 1. The summed E-state index contributed by atoms with van der Waals surface area (Å²) in [5.74, 6) is 0. The van der Waals surface area contributed by atoms with E-state index in [1.807, 2.05) is 14.0 Å². The number of nitrogens with zero attached hydrogens (tertiary/aromatic N) is 4. The molecule has 3 rings (SSSR count). The fourth-order valence-electron chi connectivity index (χ4n) is 2.48. The van der Waals surface area contributed by atoms with Crippen LogP contribution in [0.5, 0.6) is 0 Å². The molecule has 1 saturated heterocycles. The maximum atomic E-state index is 11.6. The van der Waals surface area contributed by atoms with Crippen LogP contribution in [-0.4, -0.2) is 66.1 Å². The van der Waals surface area contributed by atoms with Crippen molar-refractivity contribution in [1.29, 1.82) is 0 Å². The van der Waals surface area contributed by atoms with Gasteiger partial charge in [-0.25, -0.2) is 18.1 Å². The van der Waals surface area contributed by atoms with Crippen LogP contribution in [0.4, 0.5) is 5.13 Å². The fraction of sp³-hybridized carbons (Fsp3) is 0.667. The Balaban J connectivity index is 1.65. The van der Waals surface area contributed by atoms with Crippen LogP contribution >= 0.6 is 11.3 Å². The van der Waals surface area contributed by atoms with Crippen LogP contribution in [0.3, 0.4) is 0 Å². The topological polar surface area (TPSA) is 89.4 Å². The number of fused-ring (bicyclic) bond motifs is 1. The number of rotatable bonds is 4. The highest BCUT2D eigenvalue weighted by Crippen LogP contribution is 2.28. The molecule has 22 heavy (non-hydrogen) atoms. The molecule has 2 aromatic heterocycles. The lowest BCUT2D eigenvalue weighted by Crippen LogP contribution is -2.47. The van der Waals surface area contributed by atoms with E-state index in [9.17, 15) is 8.42 Å². The molecule has 10 heteroatoms. The molecule has 2 aromatic rings. The van der Waals surface area contributed by atoms with E-state index in [4.69, 9.17) is 4.74 Å². The molecule has 0 aromatic carbocycles. The number of sulfonamides is 1. The van der Waals surface area contributed by atoms with Crippen molar-refractivity contribution < 1.29 is 13.2 Å². The Labute approximate surface area is 133 Å². The van der Waals surface area contributed by atoms with Gasteiger partial charge in [-0.1, -0.05) is 11.3 Å². The van der Waals surface area contributed by atoms with E-state index in [1.54, 1.807) is 16.0 Å². The van der Waals surface area contributed by atoms with Gasteiger partial charge in [-0.2, -0.15) is 9.40 Å². The first kappa shape index (κ1) is 15.7. The summed E-state index contributed by atoms with van der Waals surface area (Å²) in [6.07, 6.45) is 1.06. The molecule has 8 nitrogen and oxygen atoms in total. The Bertz CT molecular complexity index is 748. The van der Waals surface area contributed by atoms with Gasteiger partial charge in [0.1, 0.15) is 0 Å². The van der Waals surface area contributed by atoms with Crippen LogP contribution in [0.15, 0.2) is 0 Å². The molecular formula is C12H19N5O3S2. The molecule has 0 bridgehead atoms. The number of hydrogen-bond acceptors (Lipinski definition) is 7. The van der Waals surface area contributed by atoms with Gasteiger partial charge in [0.25, 0.3) is 0 Å². The van der Waals surface area contributed by atoms with Crippen molar-refractivity contribution in [3.8, 4) is 0 Å². The van der Waals surface area contributed by atoms with Crippen LogP contribution < -0.4 is 5.32 Å². The highest BCUT2D eigenvalue weighted by atomic mass is 32.2. The molecular weight excluding hydrogens is 326 g/mol. The zero-order valence-corrected chi connectivity index (χ0v) is 14.4. The number of morpholine rings is 1. The summed E-state index contributed by atoms with van der Waals surface area (Å²) in [5, 5.41) is 8.35. The third kappa shape index (κ3) is 3.09. The lowest BCUT2D eigenvalue weighted by atomic mass is 10.3. The smallest absolute Gasteiger partial charge is 0.211 e. The van der Waals surface area contributed by atoms with Crippen molar-refractivity contribution in [3.63, 3.8) is 0 Å². The molecule has 1 fully saturated rings. The van der Waals surface area contributed by atoms with Gasteiger partial charge in [0, 0.05) is 26.7 Å². The Morgan fingerprint density at radius 3 is 2.95 bits per heavy atom. The van der Waals surface area contributed by atoms with Gasteiger partial charge in [0.2, 0.25) is 10.0 Å². The van der Waals surface area contributed by atoms with Gasteiger partial charge in [-0.3, -0.25) is 0 Å². The van der Waals surface area contributed by atoms with Crippen molar-refractivity contribution >= 4 is 36.8 Å². The summed E-state index contributed by atoms with van der Waals surface area (Å²) in [5.41, 5.74) is 1.81. The molecule has 1 N–H and O–H groups in total. The lowest BCUT2D eigenvalue weighted by Gasteiger charge is -2.31. The molecule has 0 spiro atoms. The van der Waals surface area contributed by atoms with Gasteiger partial charge in [-0.05, 0) is 6.92 Å². The quantitative estimate of drug-likeness (QED) is 0.863. The molecule has 122 valence electrons.